The maximum atomic E-state index is 10.7. The predicted octanol–water partition coefficient (Wildman–Crippen LogP) is 2.05. The van der Waals surface area contributed by atoms with Gasteiger partial charge in [0.15, 0.2) is 0 Å². The Morgan fingerprint density at radius 1 is 1.36 bits per heavy atom. The molecule has 3 heteroatoms. The maximum absolute atomic E-state index is 10.7. The Hall–Kier alpha value is -1.77. The molecule has 2 rings (SSSR count). The predicted molar refractivity (Wildman–Crippen MR) is 52.4 cm³/mol. The van der Waals surface area contributed by atoms with Crippen LogP contribution in [-0.2, 0) is 6.42 Å². The van der Waals surface area contributed by atoms with Crippen LogP contribution >= 0.6 is 0 Å². The van der Waals surface area contributed by atoms with Gasteiger partial charge in [0, 0.05) is 5.56 Å². The van der Waals surface area contributed by atoms with E-state index in [1.807, 2.05) is 12.2 Å². The number of aromatic hydroxyl groups is 1. The van der Waals surface area contributed by atoms with E-state index in [2.05, 4.69) is 0 Å². The van der Waals surface area contributed by atoms with E-state index in [1.165, 1.54) is 6.07 Å². The molecular formula is C11H10O3. The molecule has 14 heavy (non-hydrogen) atoms. The van der Waals surface area contributed by atoms with E-state index in [0.29, 0.717) is 0 Å². The quantitative estimate of drug-likeness (QED) is 0.712. The van der Waals surface area contributed by atoms with E-state index in [1.54, 1.807) is 6.07 Å². The Morgan fingerprint density at radius 2 is 2.14 bits per heavy atom. The van der Waals surface area contributed by atoms with Crippen molar-refractivity contribution in [2.75, 3.05) is 0 Å². The number of aromatic carboxylic acids is 1. The number of fused-ring (bicyclic) bond motifs is 1. The van der Waals surface area contributed by atoms with Crippen molar-refractivity contribution in [3.8, 4) is 5.75 Å². The molecule has 0 saturated carbocycles. The van der Waals surface area contributed by atoms with Crippen molar-refractivity contribution in [1.82, 2.24) is 0 Å². The van der Waals surface area contributed by atoms with Gasteiger partial charge in [-0.15, -0.1) is 0 Å². The number of phenolic OH excluding ortho intramolecular Hbond substituents is 1. The van der Waals surface area contributed by atoms with Crippen LogP contribution in [0.15, 0.2) is 18.2 Å². The highest BCUT2D eigenvalue weighted by atomic mass is 16.4. The third-order valence-corrected chi connectivity index (χ3v) is 2.36. The summed E-state index contributed by atoms with van der Waals surface area (Å²) in [6.07, 6.45) is 5.50. The smallest absolute Gasteiger partial charge is 0.335 e. The number of hydrogen-bond acceptors (Lipinski definition) is 2. The van der Waals surface area contributed by atoms with Gasteiger partial charge in [-0.25, -0.2) is 4.79 Å². The largest absolute Gasteiger partial charge is 0.507 e. The minimum absolute atomic E-state index is 0.0517. The van der Waals surface area contributed by atoms with Crippen LogP contribution in [-0.4, -0.2) is 16.2 Å². The van der Waals surface area contributed by atoms with Gasteiger partial charge in [-0.05, 0) is 30.5 Å². The average molecular weight is 190 g/mol. The summed E-state index contributed by atoms with van der Waals surface area (Å²) in [4.78, 5) is 10.7. The fourth-order valence-corrected chi connectivity index (χ4v) is 1.66. The molecule has 2 N–H and O–H groups in total. The van der Waals surface area contributed by atoms with Gasteiger partial charge in [-0.1, -0.05) is 12.2 Å². The summed E-state index contributed by atoms with van der Waals surface area (Å²) >= 11 is 0. The zero-order chi connectivity index (χ0) is 10.1. The van der Waals surface area contributed by atoms with Gasteiger partial charge in [0.2, 0.25) is 0 Å². The van der Waals surface area contributed by atoms with Crippen molar-refractivity contribution in [2.45, 2.75) is 12.8 Å². The molecule has 3 nitrogen and oxygen atoms in total. The van der Waals surface area contributed by atoms with Crippen LogP contribution < -0.4 is 0 Å². The van der Waals surface area contributed by atoms with E-state index in [-0.39, 0.29) is 11.3 Å². The van der Waals surface area contributed by atoms with Crippen molar-refractivity contribution in [3.63, 3.8) is 0 Å². The molecule has 1 aromatic carbocycles. The van der Waals surface area contributed by atoms with E-state index in [9.17, 15) is 9.90 Å². The number of carboxylic acid groups (broad SMARTS) is 1. The molecule has 0 radical (unpaired) electrons. The van der Waals surface area contributed by atoms with Gasteiger partial charge in [0.05, 0.1) is 5.56 Å². The van der Waals surface area contributed by atoms with Crippen LogP contribution in [0, 0.1) is 0 Å². The van der Waals surface area contributed by atoms with Crippen molar-refractivity contribution >= 4 is 12.0 Å². The minimum atomic E-state index is -1.00. The number of carboxylic acids is 1. The summed E-state index contributed by atoms with van der Waals surface area (Å²) in [6.45, 7) is 0. The standard InChI is InChI=1S/C11H10O3/c12-10-6-8(11(13)14)5-7-3-1-2-4-9(7)10/h2,4-6,12H,1,3H2,(H,13,14). The van der Waals surface area contributed by atoms with Crippen molar-refractivity contribution < 1.29 is 15.0 Å². The first-order chi connectivity index (χ1) is 6.68. The summed E-state index contributed by atoms with van der Waals surface area (Å²) in [5, 5.41) is 18.4. The van der Waals surface area contributed by atoms with Gasteiger partial charge in [-0.2, -0.15) is 0 Å². The van der Waals surface area contributed by atoms with Gasteiger partial charge < -0.3 is 10.2 Å². The lowest BCUT2D eigenvalue weighted by atomic mass is 9.94. The molecule has 0 aliphatic heterocycles. The van der Waals surface area contributed by atoms with Gasteiger partial charge in [-0.3, -0.25) is 0 Å². The van der Waals surface area contributed by atoms with Crippen LogP contribution in [0.5, 0.6) is 5.75 Å². The molecule has 0 amide bonds. The number of carbonyl (C=O) groups is 1. The van der Waals surface area contributed by atoms with Crippen LogP contribution in [0.2, 0.25) is 0 Å². The molecule has 0 bridgehead atoms. The van der Waals surface area contributed by atoms with Crippen LogP contribution in [0.4, 0.5) is 0 Å². The Kier molecular flexibility index (Phi) is 2.00. The second-order valence-corrected chi connectivity index (χ2v) is 3.31. The fourth-order valence-electron chi connectivity index (χ4n) is 1.66. The Morgan fingerprint density at radius 3 is 2.86 bits per heavy atom. The number of rotatable bonds is 1. The number of benzene rings is 1. The second-order valence-electron chi connectivity index (χ2n) is 3.31. The molecule has 0 heterocycles. The summed E-state index contributed by atoms with van der Waals surface area (Å²) < 4.78 is 0. The number of hydrogen-bond donors (Lipinski definition) is 2. The first-order valence-corrected chi connectivity index (χ1v) is 4.44. The lowest BCUT2D eigenvalue weighted by molar-refractivity contribution is 0.0696. The SMILES string of the molecule is O=C(O)c1cc(O)c2c(c1)CCC=C2. The highest BCUT2D eigenvalue weighted by molar-refractivity contribution is 5.89. The third kappa shape index (κ3) is 1.37. The normalized spacial score (nSPS) is 13.7. The molecular weight excluding hydrogens is 180 g/mol. The van der Waals surface area contributed by atoms with Crippen LogP contribution in [0.1, 0.15) is 27.9 Å². The van der Waals surface area contributed by atoms with E-state index in [4.69, 9.17) is 5.11 Å². The molecule has 0 spiro atoms. The lowest BCUT2D eigenvalue weighted by Gasteiger charge is -2.12. The molecule has 1 aliphatic carbocycles. The van der Waals surface area contributed by atoms with Gasteiger partial charge in [0.25, 0.3) is 0 Å². The van der Waals surface area contributed by atoms with E-state index < -0.39 is 5.97 Å². The minimum Gasteiger partial charge on any atom is -0.507 e. The zero-order valence-electron chi connectivity index (χ0n) is 7.53. The molecule has 1 aromatic rings. The molecule has 0 atom stereocenters. The van der Waals surface area contributed by atoms with Crippen molar-refractivity contribution in [1.29, 1.82) is 0 Å². The Balaban J connectivity index is 2.58. The van der Waals surface area contributed by atoms with Crippen LogP contribution in [0.3, 0.4) is 0 Å². The molecule has 0 aromatic heterocycles. The van der Waals surface area contributed by atoms with Crippen LogP contribution in [0.25, 0.3) is 6.08 Å². The Bertz CT molecular complexity index is 419. The van der Waals surface area contributed by atoms with Crippen molar-refractivity contribution in [3.05, 3.63) is 34.9 Å². The monoisotopic (exact) mass is 190 g/mol. The fraction of sp³-hybridized carbons (Fsp3) is 0.182. The molecule has 0 saturated heterocycles. The highest BCUT2D eigenvalue weighted by Gasteiger charge is 2.13. The molecule has 72 valence electrons. The molecule has 0 unspecified atom stereocenters. The third-order valence-electron chi connectivity index (χ3n) is 2.36. The first-order valence-electron chi connectivity index (χ1n) is 4.44. The summed E-state index contributed by atoms with van der Waals surface area (Å²) in [6, 6.07) is 2.91. The van der Waals surface area contributed by atoms with Gasteiger partial charge in [0.1, 0.15) is 5.75 Å². The maximum Gasteiger partial charge on any atom is 0.335 e. The summed E-state index contributed by atoms with van der Waals surface area (Å²) in [5.74, 6) is -0.950. The summed E-state index contributed by atoms with van der Waals surface area (Å²) in [7, 11) is 0. The molecule has 0 fully saturated rings. The Labute approximate surface area is 81.3 Å². The van der Waals surface area contributed by atoms with E-state index >= 15 is 0 Å². The average Bonchev–Trinajstić information content (AvgIpc) is 2.17. The lowest BCUT2D eigenvalue weighted by Crippen LogP contribution is -2.01. The number of aryl methyl sites for hydroxylation is 1. The highest BCUT2D eigenvalue weighted by Crippen LogP contribution is 2.29. The summed E-state index contributed by atoms with van der Waals surface area (Å²) in [5.41, 5.74) is 1.81. The first kappa shape index (κ1) is 8.81. The van der Waals surface area contributed by atoms with Gasteiger partial charge >= 0.3 is 5.97 Å². The topological polar surface area (TPSA) is 57.5 Å². The zero-order valence-corrected chi connectivity index (χ0v) is 7.53. The number of phenols is 1. The van der Waals surface area contributed by atoms with Crippen molar-refractivity contribution in [2.24, 2.45) is 0 Å². The van der Waals surface area contributed by atoms with E-state index in [0.717, 1.165) is 24.0 Å². The number of allylic oxidation sites excluding steroid dienone is 1. The molecule has 1 aliphatic rings. The second kappa shape index (κ2) is 3.18.